The van der Waals surface area contributed by atoms with Gasteiger partial charge in [0.2, 0.25) is 5.82 Å². The van der Waals surface area contributed by atoms with Crippen molar-refractivity contribution in [3.05, 3.63) is 22.2 Å². The van der Waals surface area contributed by atoms with Gasteiger partial charge in [-0.1, -0.05) is 25.4 Å². The Kier molecular flexibility index (Phi) is 3.63. The summed E-state index contributed by atoms with van der Waals surface area (Å²) < 4.78 is 4.52. The van der Waals surface area contributed by atoms with Crippen LogP contribution >= 0.6 is 11.6 Å². The van der Waals surface area contributed by atoms with Gasteiger partial charge in [-0.15, -0.1) is 0 Å². The Labute approximate surface area is 93.6 Å². The number of carbonyl (C=O) groups is 1. The molecule has 0 aliphatic carbocycles. The molecule has 0 fully saturated rings. The van der Waals surface area contributed by atoms with Gasteiger partial charge < -0.3 is 4.74 Å². The van der Waals surface area contributed by atoms with Gasteiger partial charge in [0.1, 0.15) is 5.15 Å². The molecule has 5 heteroatoms. The summed E-state index contributed by atoms with van der Waals surface area (Å²) in [6.45, 7) is 5.79. The third kappa shape index (κ3) is 2.45. The second kappa shape index (κ2) is 4.57. The first-order valence-corrected chi connectivity index (χ1v) is 4.97. The summed E-state index contributed by atoms with van der Waals surface area (Å²) in [4.78, 5) is 19.2. The molecule has 0 atom stereocenters. The Hall–Kier alpha value is -1.16. The van der Waals surface area contributed by atoms with Gasteiger partial charge in [-0.05, 0) is 12.8 Å². The topological polar surface area (TPSA) is 52.1 Å². The number of hydrogen-bond donors (Lipinski definition) is 0. The Morgan fingerprint density at radius 2 is 2.00 bits per heavy atom. The Bertz CT molecular complexity index is 368. The standard InChI is InChI=1S/C10H13ClN2O2/c1-5(2)7-6(3)12-9(10(14)15-4)13-8(7)11/h5H,1-4H3. The van der Waals surface area contributed by atoms with Crippen LogP contribution < -0.4 is 0 Å². The minimum absolute atomic E-state index is 0.00407. The van der Waals surface area contributed by atoms with Crippen molar-refractivity contribution in [3.8, 4) is 0 Å². The molecule has 82 valence electrons. The maximum Gasteiger partial charge on any atom is 0.376 e. The lowest BCUT2D eigenvalue weighted by Gasteiger charge is -2.11. The highest BCUT2D eigenvalue weighted by atomic mass is 35.5. The van der Waals surface area contributed by atoms with Crippen LogP contribution in [0.4, 0.5) is 0 Å². The van der Waals surface area contributed by atoms with Crippen molar-refractivity contribution in [2.45, 2.75) is 26.7 Å². The van der Waals surface area contributed by atoms with Crippen LogP contribution in [0.1, 0.15) is 41.6 Å². The van der Waals surface area contributed by atoms with Gasteiger partial charge in [0.15, 0.2) is 0 Å². The molecule has 1 aromatic rings. The molecule has 0 aromatic carbocycles. The second-order valence-corrected chi connectivity index (χ2v) is 3.84. The van der Waals surface area contributed by atoms with Crippen LogP contribution in [0.5, 0.6) is 0 Å². The summed E-state index contributed by atoms with van der Waals surface area (Å²) in [5, 5.41) is 0.318. The van der Waals surface area contributed by atoms with Gasteiger partial charge in [-0.2, -0.15) is 0 Å². The van der Waals surface area contributed by atoms with Gasteiger partial charge in [0, 0.05) is 11.3 Å². The number of hydrogen-bond acceptors (Lipinski definition) is 4. The van der Waals surface area contributed by atoms with Gasteiger partial charge in [-0.3, -0.25) is 0 Å². The number of methoxy groups -OCH3 is 1. The summed E-state index contributed by atoms with van der Waals surface area (Å²) in [6, 6.07) is 0. The summed E-state index contributed by atoms with van der Waals surface area (Å²) in [6.07, 6.45) is 0. The summed E-state index contributed by atoms with van der Waals surface area (Å²) >= 11 is 5.97. The summed E-state index contributed by atoms with van der Waals surface area (Å²) in [5.41, 5.74) is 1.58. The summed E-state index contributed by atoms with van der Waals surface area (Å²) in [7, 11) is 1.28. The Morgan fingerprint density at radius 1 is 1.40 bits per heavy atom. The fourth-order valence-electron chi connectivity index (χ4n) is 1.39. The van der Waals surface area contributed by atoms with E-state index in [9.17, 15) is 4.79 Å². The normalized spacial score (nSPS) is 10.5. The van der Waals surface area contributed by atoms with Gasteiger partial charge in [-0.25, -0.2) is 14.8 Å². The molecule has 0 N–H and O–H groups in total. The molecule has 0 bridgehead atoms. The van der Waals surface area contributed by atoms with Crippen LogP contribution in [0, 0.1) is 6.92 Å². The van der Waals surface area contributed by atoms with Gasteiger partial charge in [0.25, 0.3) is 0 Å². The number of ether oxygens (including phenoxy) is 1. The van der Waals surface area contributed by atoms with Crippen molar-refractivity contribution in [2.24, 2.45) is 0 Å². The Balaban J connectivity index is 3.25. The molecule has 15 heavy (non-hydrogen) atoms. The van der Waals surface area contributed by atoms with Crippen LogP contribution in [-0.4, -0.2) is 23.0 Å². The number of rotatable bonds is 2. The fraction of sp³-hybridized carbons (Fsp3) is 0.500. The van der Waals surface area contributed by atoms with E-state index in [1.807, 2.05) is 13.8 Å². The van der Waals surface area contributed by atoms with Crippen LogP contribution in [0.2, 0.25) is 5.15 Å². The van der Waals surface area contributed by atoms with Crippen molar-refractivity contribution in [1.82, 2.24) is 9.97 Å². The first-order valence-electron chi connectivity index (χ1n) is 4.59. The molecule has 0 radical (unpaired) electrons. The zero-order chi connectivity index (χ0) is 11.6. The average Bonchev–Trinajstić information content (AvgIpc) is 2.14. The molecule has 1 heterocycles. The SMILES string of the molecule is COC(=O)c1nc(C)c(C(C)C)c(Cl)n1. The van der Waals surface area contributed by atoms with Crippen molar-refractivity contribution >= 4 is 17.6 Å². The minimum Gasteiger partial charge on any atom is -0.463 e. The number of nitrogens with zero attached hydrogens (tertiary/aromatic N) is 2. The third-order valence-corrected chi connectivity index (χ3v) is 2.32. The smallest absolute Gasteiger partial charge is 0.376 e. The third-order valence-electron chi connectivity index (χ3n) is 2.04. The van der Waals surface area contributed by atoms with Crippen molar-refractivity contribution in [2.75, 3.05) is 7.11 Å². The van der Waals surface area contributed by atoms with E-state index >= 15 is 0 Å². The van der Waals surface area contributed by atoms with E-state index in [1.54, 1.807) is 6.92 Å². The highest BCUT2D eigenvalue weighted by molar-refractivity contribution is 6.30. The van der Waals surface area contributed by atoms with Crippen molar-refractivity contribution in [1.29, 1.82) is 0 Å². The number of aryl methyl sites for hydroxylation is 1. The van der Waals surface area contributed by atoms with E-state index < -0.39 is 5.97 Å². The molecule has 0 saturated heterocycles. The van der Waals surface area contributed by atoms with Gasteiger partial charge in [0.05, 0.1) is 7.11 Å². The monoisotopic (exact) mass is 228 g/mol. The van der Waals surface area contributed by atoms with Crippen LogP contribution in [0.15, 0.2) is 0 Å². The lowest BCUT2D eigenvalue weighted by atomic mass is 10.0. The highest BCUT2D eigenvalue weighted by Crippen LogP contribution is 2.24. The Morgan fingerprint density at radius 3 is 2.40 bits per heavy atom. The van der Waals surface area contributed by atoms with Gasteiger partial charge >= 0.3 is 5.97 Å². The van der Waals surface area contributed by atoms with Crippen LogP contribution in [0.3, 0.4) is 0 Å². The van der Waals surface area contributed by atoms with E-state index in [0.29, 0.717) is 10.8 Å². The molecule has 0 saturated carbocycles. The van der Waals surface area contributed by atoms with E-state index in [0.717, 1.165) is 5.56 Å². The zero-order valence-electron chi connectivity index (χ0n) is 9.17. The largest absolute Gasteiger partial charge is 0.463 e. The molecule has 0 spiro atoms. The molecule has 0 aliphatic rings. The number of carbonyl (C=O) groups excluding carboxylic acids is 1. The first kappa shape index (κ1) is 11.9. The number of esters is 1. The van der Waals surface area contributed by atoms with Crippen molar-refractivity contribution < 1.29 is 9.53 Å². The van der Waals surface area contributed by atoms with Crippen molar-refractivity contribution in [3.63, 3.8) is 0 Å². The van der Waals surface area contributed by atoms with E-state index in [4.69, 9.17) is 11.6 Å². The minimum atomic E-state index is -0.574. The van der Waals surface area contributed by atoms with E-state index in [2.05, 4.69) is 14.7 Å². The molecular formula is C10H13ClN2O2. The molecule has 0 amide bonds. The quantitative estimate of drug-likeness (QED) is 0.576. The second-order valence-electron chi connectivity index (χ2n) is 3.48. The maximum atomic E-state index is 11.2. The summed E-state index contributed by atoms with van der Waals surface area (Å²) in [5.74, 6) is -0.344. The lowest BCUT2D eigenvalue weighted by molar-refractivity contribution is 0.0586. The number of aromatic nitrogens is 2. The van der Waals surface area contributed by atoms with E-state index in [1.165, 1.54) is 7.11 Å². The zero-order valence-corrected chi connectivity index (χ0v) is 9.92. The van der Waals surface area contributed by atoms with Crippen LogP contribution in [-0.2, 0) is 4.74 Å². The average molecular weight is 229 g/mol. The number of halogens is 1. The maximum absolute atomic E-state index is 11.2. The first-order chi connectivity index (χ1) is 6.97. The molecule has 0 aliphatic heterocycles. The predicted octanol–water partition coefficient (Wildman–Crippen LogP) is 2.35. The molecule has 1 rings (SSSR count). The lowest BCUT2D eigenvalue weighted by Crippen LogP contribution is -2.11. The van der Waals surface area contributed by atoms with Crippen LogP contribution in [0.25, 0.3) is 0 Å². The molecule has 0 unspecified atom stereocenters. The fourth-order valence-corrected chi connectivity index (χ4v) is 1.82. The molecular weight excluding hydrogens is 216 g/mol. The molecule has 1 aromatic heterocycles. The predicted molar refractivity (Wildman–Crippen MR) is 57.2 cm³/mol. The highest BCUT2D eigenvalue weighted by Gasteiger charge is 2.17. The molecule has 4 nitrogen and oxygen atoms in total. The van der Waals surface area contributed by atoms with E-state index in [-0.39, 0.29) is 11.7 Å².